The molecule has 1 aromatic carbocycles. The van der Waals surface area contributed by atoms with E-state index in [9.17, 15) is 4.79 Å². The van der Waals surface area contributed by atoms with Crippen LogP contribution in [-0.4, -0.2) is 20.9 Å². The average molecular weight is 349 g/mol. The molecule has 0 saturated heterocycles. The molecule has 0 radical (unpaired) electrons. The van der Waals surface area contributed by atoms with E-state index < -0.39 is 14.2 Å². The van der Waals surface area contributed by atoms with E-state index in [-0.39, 0.29) is 11.0 Å². The number of hydrogen-bond donors (Lipinski definition) is 0. The molecule has 4 nitrogen and oxygen atoms in total. The number of fused-ring (bicyclic) bond motifs is 1. The Bertz CT molecular complexity index is 725. The highest BCUT2D eigenvalue weighted by molar-refractivity contribution is 6.74. The second-order valence-electron chi connectivity index (χ2n) is 7.68. The molecule has 0 bridgehead atoms. The third kappa shape index (κ3) is 3.83. The lowest BCUT2D eigenvalue weighted by Gasteiger charge is -2.36. The predicted molar refractivity (Wildman–Crippen MR) is 99.1 cm³/mol. The van der Waals surface area contributed by atoms with Crippen molar-refractivity contribution < 1.29 is 18.4 Å². The van der Waals surface area contributed by atoms with E-state index in [1.54, 1.807) is 13.8 Å². The van der Waals surface area contributed by atoms with Crippen LogP contribution in [0.3, 0.4) is 0 Å². The van der Waals surface area contributed by atoms with Crippen LogP contribution in [0.15, 0.2) is 28.7 Å². The Morgan fingerprint density at radius 3 is 2.50 bits per heavy atom. The second kappa shape index (κ2) is 6.63. The molecule has 132 valence electrons. The lowest BCUT2D eigenvalue weighted by molar-refractivity contribution is -0.144. The number of furan rings is 1. The van der Waals surface area contributed by atoms with Gasteiger partial charge >= 0.3 is 5.97 Å². The van der Waals surface area contributed by atoms with Gasteiger partial charge in [0.05, 0.1) is 6.61 Å². The lowest BCUT2D eigenvalue weighted by atomic mass is 10.1. The van der Waals surface area contributed by atoms with Gasteiger partial charge in [0.15, 0.2) is 0 Å². The van der Waals surface area contributed by atoms with Crippen LogP contribution in [0, 0.1) is 0 Å². The quantitative estimate of drug-likeness (QED) is 0.530. The molecular formula is C19H28O4Si. The van der Waals surface area contributed by atoms with Gasteiger partial charge in [-0.2, -0.15) is 0 Å². The summed E-state index contributed by atoms with van der Waals surface area (Å²) in [4.78, 5) is 11.9. The molecule has 0 aliphatic heterocycles. The van der Waals surface area contributed by atoms with Crippen LogP contribution < -0.4 is 4.43 Å². The van der Waals surface area contributed by atoms with Gasteiger partial charge in [0.2, 0.25) is 8.32 Å². The van der Waals surface area contributed by atoms with Crippen molar-refractivity contribution in [2.75, 3.05) is 6.61 Å². The molecule has 1 heterocycles. The van der Waals surface area contributed by atoms with Crippen molar-refractivity contribution in [1.29, 1.82) is 0 Å². The topological polar surface area (TPSA) is 48.7 Å². The van der Waals surface area contributed by atoms with Gasteiger partial charge in [-0.25, -0.2) is 0 Å². The fourth-order valence-electron chi connectivity index (χ4n) is 2.15. The molecule has 1 atom stereocenters. The molecule has 0 N–H and O–H groups in total. The van der Waals surface area contributed by atoms with E-state index in [1.807, 2.05) is 24.3 Å². The fourth-order valence-corrected chi connectivity index (χ4v) is 3.17. The van der Waals surface area contributed by atoms with Crippen molar-refractivity contribution in [2.24, 2.45) is 0 Å². The molecule has 0 aliphatic rings. The minimum absolute atomic E-state index is 0.141. The summed E-state index contributed by atoms with van der Waals surface area (Å²) < 4.78 is 17.2. The maximum Gasteiger partial charge on any atom is 0.316 e. The van der Waals surface area contributed by atoms with Gasteiger partial charge in [0.25, 0.3) is 0 Å². The zero-order valence-corrected chi connectivity index (χ0v) is 16.7. The van der Waals surface area contributed by atoms with Crippen LogP contribution >= 0.6 is 0 Å². The summed E-state index contributed by atoms with van der Waals surface area (Å²) in [6.07, 6.45) is 0. The van der Waals surface area contributed by atoms with E-state index in [0.717, 1.165) is 16.7 Å². The second-order valence-corrected chi connectivity index (χ2v) is 12.4. The number of esters is 1. The molecule has 0 saturated carbocycles. The highest BCUT2D eigenvalue weighted by Gasteiger charge is 2.39. The first-order valence-corrected chi connectivity index (χ1v) is 11.3. The van der Waals surface area contributed by atoms with E-state index in [0.29, 0.717) is 12.4 Å². The Labute approximate surface area is 145 Å². The molecule has 5 heteroatoms. The van der Waals surface area contributed by atoms with Crippen molar-refractivity contribution >= 4 is 25.3 Å². The molecule has 1 unspecified atom stereocenters. The summed E-state index contributed by atoms with van der Waals surface area (Å²) in [5, 5.41) is 1.08. The predicted octanol–water partition coefficient (Wildman–Crippen LogP) is 5.48. The molecule has 0 fully saturated rings. The van der Waals surface area contributed by atoms with E-state index in [2.05, 4.69) is 33.9 Å². The first-order valence-electron chi connectivity index (χ1n) is 8.44. The average Bonchev–Trinajstić information content (AvgIpc) is 2.88. The summed E-state index contributed by atoms with van der Waals surface area (Å²) in [5.41, 5.74) is 0.753. The van der Waals surface area contributed by atoms with E-state index in [4.69, 9.17) is 13.6 Å². The number of rotatable bonds is 5. The Balaban J connectivity index is 2.28. The molecule has 2 rings (SSSR count). The third-order valence-corrected chi connectivity index (χ3v) is 9.11. The Morgan fingerprint density at radius 1 is 1.25 bits per heavy atom. The van der Waals surface area contributed by atoms with Gasteiger partial charge in [-0.05, 0) is 56.2 Å². The Hall–Kier alpha value is -1.75. The summed E-state index contributed by atoms with van der Waals surface area (Å²) in [6.45, 7) is 15.1. The highest BCUT2D eigenvalue weighted by Crippen LogP contribution is 2.38. The Kier molecular flexibility index (Phi) is 5.13. The molecule has 1 aromatic heterocycles. The maximum absolute atomic E-state index is 11.9. The maximum atomic E-state index is 11.9. The minimum atomic E-state index is -1.88. The summed E-state index contributed by atoms with van der Waals surface area (Å²) in [5.74, 6) is 0.787. The van der Waals surface area contributed by atoms with Crippen LogP contribution in [-0.2, 0) is 9.53 Å². The van der Waals surface area contributed by atoms with Crippen LogP contribution in [0.1, 0.15) is 46.3 Å². The largest absolute Gasteiger partial charge is 0.543 e. The summed E-state index contributed by atoms with van der Waals surface area (Å²) in [7, 11) is -1.88. The van der Waals surface area contributed by atoms with Gasteiger partial charge in [-0.15, -0.1) is 0 Å². The van der Waals surface area contributed by atoms with Crippen LogP contribution in [0.2, 0.25) is 18.1 Å². The molecule has 0 amide bonds. The molecule has 0 aliphatic carbocycles. The minimum Gasteiger partial charge on any atom is -0.543 e. The van der Waals surface area contributed by atoms with E-state index >= 15 is 0 Å². The van der Waals surface area contributed by atoms with Crippen LogP contribution in [0.25, 0.3) is 11.0 Å². The van der Waals surface area contributed by atoms with Crippen LogP contribution in [0.5, 0.6) is 5.75 Å². The van der Waals surface area contributed by atoms with Gasteiger partial charge in [0.1, 0.15) is 23.0 Å². The zero-order chi connectivity index (χ0) is 18.1. The van der Waals surface area contributed by atoms with Crippen molar-refractivity contribution in [3.8, 4) is 5.75 Å². The summed E-state index contributed by atoms with van der Waals surface area (Å²) in [6, 6.07) is 7.72. The number of carbonyl (C=O) groups is 1. The zero-order valence-electron chi connectivity index (χ0n) is 15.7. The van der Waals surface area contributed by atoms with Crippen LogP contribution in [0.4, 0.5) is 0 Å². The standard InChI is InChI=1S/C19H28O4Si/c1-8-21-18(20)13(2)17-12-14-11-15(9-10-16(14)22-17)23-24(6,7)19(3,4)5/h9-13H,8H2,1-7H3. The fraction of sp³-hybridized carbons (Fsp3) is 0.526. The SMILES string of the molecule is CCOC(=O)C(C)c1cc2cc(O[Si](C)(C)C(C)(C)C)ccc2o1. The molecule has 24 heavy (non-hydrogen) atoms. The third-order valence-electron chi connectivity index (χ3n) is 4.75. The van der Waals surface area contributed by atoms with Gasteiger partial charge in [-0.1, -0.05) is 20.8 Å². The van der Waals surface area contributed by atoms with Crippen molar-refractivity contribution in [3.05, 3.63) is 30.0 Å². The lowest BCUT2D eigenvalue weighted by Crippen LogP contribution is -2.43. The number of ether oxygens (including phenoxy) is 1. The highest BCUT2D eigenvalue weighted by atomic mass is 28.4. The number of carbonyl (C=O) groups excluding carboxylic acids is 1. The molecule has 0 spiro atoms. The normalized spacial score (nSPS) is 13.8. The summed E-state index contributed by atoms with van der Waals surface area (Å²) >= 11 is 0. The van der Waals surface area contributed by atoms with E-state index in [1.165, 1.54) is 0 Å². The van der Waals surface area contributed by atoms with Crippen molar-refractivity contribution in [2.45, 2.75) is 58.7 Å². The monoisotopic (exact) mass is 348 g/mol. The molecule has 2 aromatic rings. The van der Waals surface area contributed by atoms with Crippen molar-refractivity contribution in [3.63, 3.8) is 0 Å². The number of benzene rings is 1. The number of hydrogen-bond acceptors (Lipinski definition) is 4. The Morgan fingerprint density at radius 2 is 1.92 bits per heavy atom. The smallest absolute Gasteiger partial charge is 0.316 e. The van der Waals surface area contributed by atoms with Gasteiger partial charge in [-0.3, -0.25) is 4.79 Å². The van der Waals surface area contributed by atoms with Gasteiger partial charge in [0, 0.05) is 5.39 Å². The first kappa shape index (κ1) is 18.6. The first-order chi connectivity index (χ1) is 11.0. The van der Waals surface area contributed by atoms with Crippen molar-refractivity contribution in [1.82, 2.24) is 0 Å². The van der Waals surface area contributed by atoms with Gasteiger partial charge < -0.3 is 13.6 Å². The molecular weight excluding hydrogens is 320 g/mol.